The number of ether oxygens (including phenoxy) is 2. The normalized spacial score (nSPS) is 9.92. The van der Waals surface area contributed by atoms with E-state index in [9.17, 15) is 18.8 Å². The van der Waals surface area contributed by atoms with E-state index >= 15 is 0 Å². The predicted molar refractivity (Wildman–Crippen MR) is 90.3 cm³/mol. The minimum Gasteiger partial charge on any atom is -0.493 e. The van der Waals surface area contributed by atoms with Gasteiger partial charge in [-0.2, -0.15) is 0 Å². The molecular weight excluding hydrogens is 343 g/mol. The van der Waals surface area contributed by atoms with Gasteiger partial charge in [-0.3, -0.25) is 25.2 Å². The Hall–Kier alpha value is -3.42. The van der Waals surface area contributed by atoms with Gasteiger partial charge in [0.1, 0.15) is 12.1 Å². The summed E-state index contributed by atoms with van der Waals surface area (Å²) >= 11 is 0. The summed E-state index contributed by atoms with van der Waals surface area (Å²) in [5.74, 6) is -0.846. The van der Waals surface area contributed by atoms with Gasteiger partial charge in [0.25, 0.3) is 5.91 Å². The fourth-order valence-electron chi connectivity index (χ4n) is 2.03. The van der Waals surface area contributed by atoms with Crippen LogP contribution in [0, 0.1) is 5.82 Å². The van der Waals surface area contributed by atoms with E-state index in [2.05, 4.69) is 10.9 Å². The minimum atomic E-state index is -0.584. The number of methoxy groups -OCH3 is 1. The molecule has 0 radical (unpaired) electrons. The maximum absolute atomic E-state index is 12.8. The molecule has 0 unspecified atom stereocenters. The lowest BCUT2D eigenvalue weighted by Gasteiger charge is -2.11. The Labute approximate surface area is 149 Å². The molecule has 136 valence electrons. The van der Waals surface area contributed by atoms with Gasteiger partial charge in [0.15, 0.2) is 18.1 Å². The summed E-state index contributed by atoms with van der Waals surface area (Å²) in [5, 5.41) is 0. The standard InChI is InChI=1S/C18H17FN2O5/c1-25-16-8-13(10-22)4-7-15(16)26-11-18(24)21-20-17(23)9-12-2-5-14(19)6-3-12/h2-8,10H,9,11H2,1H3,(H,20,23)(H,21,24). The van der Waals surface area contributed by atoms with Gasteiger partial charge in [0.05, 0.1) is 13.5 Å². The molecule has 0 saturated heterocycles. The highest BCUT2D eigenvalue weighted by Crippen LogP contribution is 2.27. The van der Waals surface area contributed by atoms with Crippen molar-refractivity contribution in [3.8, 4) is 11.5 Å². The van der Waals surface area contributed by atoms with Gasteiger partial charge in [-0.1, -0.05) is 12.1 Å². The molecule has 0 bridgehead atoms. The third-order valence-electron chi connectivity index (χ3n) is 3.30. The van der Waals surface area contributed by atoms with Crippen molar-refractivity contribution >= 4 is 18.1 Å². The molecule has 0 aliphatic rings. The topological polar surface area (TPSA) is 93.7 Å². The molecule has 7 nitrogen and oxygen atoms in total. The van der Waals surface area contributed by atoms with E-state index in [0.29, 0.717) is 23.2 Å². The molecule has 0 atom stereocenters. The first-order chi connectivity index (χ1) is 12.5. The fraction of sp³-hybridized carbons (Fsp3) is 0.167. The van der Waals surface area contributed by atoms with Crippen molar-refractivity contribution in [3.05, 3.63) is 59.4 Å². The lowest BCUT2D eigenvalue weighted by molar-refractivity contribution is -0.129. The van der Waals surface area contributed by atoms with Crippen LogP contribution in [0.4, 0.5) is 4.39 Å². The number of nitrogens with one attached hydrogen (secondary N) is 2. The molecule has 0 aliphatic heterocycles. The van der Waals surface area contributed by atoms with Crippen LogP contribution >= 0.6 is 0 Å². The van der Waals surface area contributed by atoms with E-state index in [1.165, 1.54) is 49.6 Å². The molecule has 2 rings (SSSR count). The first-order valence-corrected chi connectivity index (χ1v) is 7.60. The summed E-state index contributed by atoms with van der Waals surface area (Å²) in [7, 11) is 1.41. The fourth-order valence-corrected chi connectivity index (χ4v) is 2.03. The number of hydrogen-bond acceptors (Lipinski definition) is 5. The summed E-state index contributed by atoms with van der Waals surface area (Å²) in [6.45, 7) is -0.367. The summed E-state index contributed by atoms with van der Waals surface area (Å²) in [4.78, 5) is 34.2. The first-order valence-electron chi connectivity index (χ1n) is 7.60. The Bertz CT molecular complexity index is 793. The van der Waals surface area contributed by atoms with E-state index in [0.717, 1.165) is 0 Å². The number of carbonyl (C=O) groups is 3. The van der Waals surface area contributed by atoms with E-state index in [1.807, 2.05) is 0 Å². The average molecular weight is 360 g/mol. The van der Waals surface area contributed by atoms with Gasteiger partial charge < -0.3 is 9.47 Å². The minimum absolute atomic E-state index is 0.0115. The molecule has 2 aromatic carbocycles. The molecule has 2 amide bonds. The molecule has 0 spiro atoms. The molecule has 2 N–H and O–H groups in total. The lowest BCUT2D eigenvalue weighted by atomic mass is 10.1. The highest BCUT2D eigenvalue weighted by molar-refractivity contribution is 5.84. The second-order valence-electron chi connectivity index (χ2n) is 5.22. The van der Waals surface area contributed by atoms with Crippen molar-refractivity contribution in [3.63, 3.8) is 0 Å². The van der Waals surface area contributed by atoms with E-state index in [4.69, 9.17) is 9.47 Å². The molecule has 0 aliphatic carbocycles. The Morgan fingerprint density at radius 1 is 1.04 bits per heavy atom. The second kappa shape index (κ2) is 9.16. The van der Waals surface area contributed by atoms with Crippen LogP contribution < -0.4 is 20.3 Å². The molecule has 26 heavy (non-hydrogen) atoms. The largest absolute Gasteiger partial charge is 0.493 e. The van der Waals surface area contributed by atoms with Crippen LogP contribution in [0.2, 0.25) is 0 Å². The Morgan fingerprint density at radius 3 is 2.38 bits per heavy atom. The summed E-state index contributed by atoms with van der Waals surface area (Å²) in [6, 6.07) is 9.96. The van der Waals surface area contributed by atoms with E-state index < -0.39 is 17.6 Å². The highest BCUT2D eigenvalue weighted by Gasteiger charge is 2.10. The number of hydrazine groups is 1. The zero-order valence-electron chi connectivity index (χ0n) is 14.0. The molecule has 8 heteroatoms. The highest BCUT2D eigenvalue weighted by atomic mass is 19.1. The smallest absolute Gasteiger partial charge is 0.276 e. The van der Waals surface area contributed by atoms with Crippen LogP contribution in [-0.4, -0.2) is 31.8 Å². The number of amides is 2. The zero-order chi connectivity index (χ0) is 18.9. The van der Waals surface area contributed by atoms with Gasteiger partial charge >= 0.3 is 0 Å². The van der Waals surface area contributed by atoms with Crippen molar-refractivity contribution in [2.75, 3.05) is 13.7 Å². The molecule has 0 heterocycles. The van der Waals surface area contributed by atoms with Gasteiger partial charge in [-0.25, -0.2) is 4.39 Å². The lowest BCUT2D eigenvalue weighted by Crippen LogP contribution is -2.44. The maximum Gasteiger partial charge on any atom is 0.276 e. The SMILES string of the molecule is COc1cc(C=O)ccc1OCC(=O)NNC(=O)Cc1ccc(F)cc1. The number of rotatable bonds is 7. The van der Waals surface area contributed by atoms with Crippen LogP contribution in [0.25, 0.3) is 0 Å². The number of hydrogen-bond donors (Lipinski definition) is 2. The van der Waals surface area contributed by atoms with Crippen LogP contribution in [0.5, 0.6) is 11.5 Å². The van der Waals surface area contributed by atoms with Crippen molar-refractivity contribution in [1.29, 1.82) is 0 Å². The number of halogens is 1. The van der Waals surface area contributed by atoms with E-state index in [1.54, 1.807) is 0 Å². The van der Waals surface area contributed by atoms with Crippen LogP contribution in [0.3, 0.4) is 0 Å². The van der Waals surface area contributed by atoms with Gasteiger partial charge in [0.2, 0.25) is 5.91 Å². The molecule has 2 aromatic rings. The quantitative estimate of drug-likeness (QED) is 0.575. The van der Waals surface area contributed by atoms with Crippen LogP contribution in [0.1, 0.15) is 15.9 Å². The molecular formula is C18H17FN2O5. The first kappa shape index (κ1) is 18.9. The van der Waals surface area contributed by atoms with Crippen molar-refractivity contribution in [2.45, 2.75) is 6.42 Å². The Balaban J connectivity index is 1.79. The zero-order valence-corrected chi connectivity index (χ0v) is 14.0. The van der Waals surface area contributed by atoms with Crippen molar-refractivity contribution in [2.24, 2.45) is 0 Å². The van der Waals surface area contributed by atoms with Crippen LogP contribution in [0.15, 0.2) is 42.5 Å². The Morgan fingerprint density at radius 2 is 1.73 bits per heavy atom. The third-order valence-corrected chi connectivity index (χ3v) is 3.30. The monoisotopic (exact) mass is 360 g/mol. The van der Waals surface area contributed by atoms with Crippen molar-refractivity contribution in [1.82, 2.24) is 10.9 Å². The Kier molecular flexibility index (Phi) is 6.67. The summed E-state index contributed by atoms with van der Waals surface area (Å²) < 4.78 is 23.2. The van der Waals surface area contributed by atoms with Gasteiger partial charge in [-0.05, 0) is 35.9 Å². The summed E-state index contributed by atoms with van der Waals surface area (Å²) in [5.41, 5.74) is 5.46. The van der Waals surface area contributed by atoms with E-state index in [-0.39, 0.29) is 18.8 Å². The van der Waals surface area contributed by atoms with Crippen molar-refractivity contribution < 1.29 is 28.2 Å². The number of aldehydes is 1. The summed E-state index contributed by atoms with van der Waals surface area (Å²) in [6.07, 6.45) is 0.651. The number of benzene rings is 2. The molecule has 0 saturated carbocycles. The molecule has 0 aromatic heterocycles. The number of carbonyl (C=O) groups excluding carboxylic acids is 3. The molecule has 0 fully saturated rings. The van der Waals surface area contributed by atoms with Crippen LogP contribution in [-0.2, 0) is 16.0 Å². The average Bonchev–Trinajstić information content (AvgIpc) is 2.66. The van der Waals surface area contributed by atoms with Gasteiger partial charge in [0, 0.05) is 5.56 Å². The van der Waals surface area contributed by atoms with Gasteiger partial charge in [-0.15, -0.1) is 0 Å². The maximum atomic E-state index is 12.8. The second-order valence-corrected chi connectivity index (χ2v) is 5.22. The predicted octanol–water partition coefficient (Wildman–Crippen LogP) is 1.42. The third kappa shape index (κ3) is 5.59.